The zero-order valence-corrected chi connectivity index (χ0v) is 13.7. The van der Waals surface area contributed by atoms with Crippen molar-refractivity contribution in [2.45, 2.75) is 0 Å². The largest absolute Gasteiger partial charge is 0.477 e. The average Bonchev–Trinajstić information content (AvgIpc) is 2.54. The molecule has 24 heavy (non-hydrogen) atoms. The number of nitrogens with zero attached hydrogens (tertiary/aromatic N) is 1. The monoisotopic (exact) mass is 390 g/mol. The summed E-state index contributed by atoms with van der Waals surface area (Å²) in [4.78, 5) is 33.5. The van der Waals surface area contributed by atoms with Gasteiger partial charge < -0.3 is 10.4 Å². The van der Waals surface area contributed by atoms with E-state index in [2.05, 4.69) is 21.2 Å². The van der Waals surface area contributed by atoms with E-state index in [0.29, 0.717) is 15.6 Å². The van der Waals surface area contributed by atoms with Gasteiger partial charge in [0.2, 0.25) is 0 Å². The van der Waals surface area contributed by atoms with Crippen molar-refractivity contribution in [1.29, 1.82) is 0 Å². The maximum absolute atomic E-state index is 12.1. The van der Waals surface area contributed by atoms with E-state index < -0.39 is 16.8 Å². The van der Waals surface area contributed by atoms with E-state index in [9.17, 15) is 24.8 Å². The Morgan fingerprint density at radius 2 is 1.83 bits per heavy atom. The van der Waals surface area contributed by atoms with Crippen LogP contribution in [0.2, 0.25) is 0 Å². The number of nitro groups is 1. The van der Waals surface area contributed by atoms with Crippen LogP contribution in [0.15, 0.2) is 58.7 Å². The Balaban J connectivity index is 2.24. The number of non-ortho nitro benzene ring substituents is 1. The molecule has 0 unspecified atom stereocenters. The average molecular weight is 391 g/mol. The third-order valence-electron chi connectivity index (χ3n) is 2.98. The quantitative estimate of drug-likeness (QED) is 0.462. The minimum atomic E-state index is -1.32. The molecule has 0 bridgehead atoms. The summed E-state index contributed by atoms with van der Waals surface area (Å²) < 4.78 is 0.686. The molecule has 2 aromatic rings. The van der Waals surface area contributed by atoms with Gasteiger partial charge >= 0.3 is 5.97 Å². The molecule has 2 N–H and O–H groups in total. The number of amides is 1. The molecule has 0 fully saturated rings. The number of halogens is 1. The highest BCUT2D eigenvalue weighted by Crippen LogP contribution is 2.15. The lowest BCUT2D eigenvalue weighted by Crippen LogP contribution is -2.27. The number of nitrogens with one attached hydrogen (secondary N) is 1. The van der Waals surface area contributed by atoms with Gasteiger partial charge in [-0.15, -0.1) is 0 Å². The predicted octanol–water partition coefficient (Wildman–Crippen LogP) is 3.21. The molecule has 0 saturated carbocycles. The fourth-order valence-electron chi connectivity index (χ4n) is 1.83. The molecule has 0 aromatic heterocycles. The number of carbonyl (C=O) groups excluding carboxylic acids is 1. The van der Waals surface area contributed by atoms with Gasteiger partial charge in [0, 0.05) is 22.2 Å². The van der Waals surface area contributed by atoms with Gasteiger partial charge in [-0.3, -0.25) is 14.9 Å². The van der Waals surface area contributed by atoms with E-state index in [0.717, 1.165) is 0 Å². The van der Waals surface area contributed by atoms with E-state index in [1.54, 1.807) is 24.3 Å². The topological polar surface area (TPSA) is 110 Å². The third-order valence-corrected chi connectivity index (χ3v) is 3.47. The Kier molecular flexibility index (Phi) is 5.43. The summed E-state index contributed by atoms with van der Waals surface area (Å²) in [6.45, 7) is 0. The number of carboxylic acid groups (broad SMARTS) is 1. The zero-order chi connectivity index (χ0) is 17.7. The summed E-state index contributed by atoms with van der Waals surface area (Å²) in [5, 5.41) is 22.1. The smallest absolute Gasteiger partial charge is 0.352 e. The molecule has 0 heterocycles. The van der Waals surface area contributed by atoms with Crippen LogP contribution in [0.1, 0.15) is 15.9 Å². The van der Waals surface area contributed by atoms with Gasteiger partial charge in [-0.05, 0) is 42.0 Å². The second-order valence-electron chi connectivity index (χ2n) is 4.68. The summed E-state index contributed by atoms with van der Waals surface area (Å²) in [7, 11) is 0. The molecule has 0 aliphatic rings. The van der Waals surface area contributed by atoms with Gasteiger partial charge in [-0.25, -0.2) is 4.79 Å². The Bertz CT molecular complexity index is 831. The van der Waals surface area contributed by atoms with Crippen LogP contribution in [0, 0.1) is 10.1 Å². The molecular formula is C16H11BrN2O5. The highest BCUT2D eigenvalue weighted by atomic mass is 79.9. The van der Waals surface area contributed by atoms with Crippen LogP contribution in [-0.4, -0.2) is 21.9 Å². The van der Waals surface area contributed by atoms with E-state index in [1.807, 2.05) is 0 Å². The molecule has 0 saturated heterocycles. The molecule has 7 nitrogen and oxygen atoms in total. The lowest BCUT2D eigenvalue weighted by atomic mass is 10.1. The predicted molar refractivity (Wildman–Crippen MR) is 90.3 cm³/mol. The summed E-state index contributed by atoms with van der Waals surface area (Å²) >= 11 is 3.23. The van der Waals surface area contributed by atoms with E-state index in [-0.39, 0.29) is 11.4 Å². The lowest BCUT2D eigenvalue weighted by molar-refractivity contribution is -0.384. The van der Waals surface area contributed by atoms with Crippen LogP contribution in [0.3, 0.4) is 0 Å². The number of nitro benzene ring substituents is 1. The minimum Gasteiger partial charge on any atom is -0.477 e. The summed E-state index contributed by atoms with van der Waals surface area (Å²) in [5.74, 6) is -1.90. The molecule has 0 aliphatic heterocycles. The Hall–Kier alpha value is -3.00. The van der Waals surface area contributed by atoms with E-state index >= 15 is 0 Å². The van der Waals surface area contributed by atoms with Crippen molar-refractivity contribution < 1.29 is 19.6 Å². The number of hydrogen-bond acceptors (Lipinski definition) is 4. The highest BCUT2D eigenvalue weighted by Gasteiger charge is 2.14. The summed E-state index contributed by atoms with van der Waals surface area (Å²) in [6.07, 6.45) is 1.22. The normalized spacial score (nSPS) is 11.0. The van der Waals surface area contributed by atoms with Crippen molar-refractivity contribution in [2.24, 2.45) is 0 Å². The zero-order valence-electron chi connectivity index (χ0n) is 12.1. The fraction of sp³-hybridized carbons (Fsp3) is 0. The molecule has 2 aromatic carbocycles. The van der Waals surface area contributed by atoms with Gasteiger partial charge in [-0.1, -0.05) is 22.0 Å². The second-order valence-corrected chi connectivity index (χ2v) is 5.59. The number of hydrogen-bond donors (Lipinski definition) is 2. The van der Waals surface area contributed by atoms with Crippen LogP contribution in [-0.2, 0) is 4.79 Å². The molecule has 2 rings (SSSR count). The Morgan fingerprint density at radius 3 is 2.38 bits per heavy atom. The van der Waals surface area contributed by atoms with Crippen LogP contribution in [0.4, 0.5) is 5.69 Å². The molecular weight excluding hydrogens is 380 g/mol. The van der Waals surface area contributed by atoms with Gasteiger partial charge in [0.25, 0.3) is 11.6 Å². The molecule has 0 spiro atoms. The maximum atomic E-state index is 12.1. The molecule has 0 aliphatic carbocycles. The standard InChI is InChI=1S/C16H11BrN2O5/c17-12-3-1-2-11(9-12)15(20)18-14(16(21)22)8-10-4-6-13(7-5-10)19(23)24/h1-9H,(H,18,20)(H,21,22)/b14-8+. The van der Waals surface area contributed by atoms with Crippen LogP contribution in [0.25, 0.3) is 6.08 Å². The first kappa shape index (κ1) is 17.4. The molecule has 1 amide bonds. The molecule has 0 atom stereocenters. The van der Waals surface area contributed by atoms with Crippen LogP contribution >= 0.6 is 15.9 Å². The van der Waals surface area contributed by atoms with Crippen LogP contribution in [0.5, 0.6) is 0 Å². The minimum absolute atomic E-state index is 0.109. The number of carboxylic acids is 1. The fourth-order valence-corrected chi connectivity index (χ4v) is 2.23. The van der Waals surface area contributed by atoms with E-state index in [4.69, 9.17) is 0 Å². The number of aliphatic carboxylic acids is 1. The van der Waals surface area contributed by atoms with Crippen molar-refractivity contribution in [1.82, 2.24) is 5.32 Å². The SMILES string of the molecule is O=C(O)/C(=C\c1ccc([N+](=O)[O-])cc1)NC(=O)c1cccc(Br)c1. The van der Waals surface area contributed by atoms with Gasteiger partial charge in [0.05, 0.1) is 4.92 Å². The third kappa shape index (κ3) is 4.50. The number of carbonyl (C=O) groups is 2. The highest BCUT2D eigenvalue weighted by molar-refractivity contribution is 9.10. The van der Waals surface area contributed by atoms with Gasteiger partial charge in [-0.2, -0.15) is 0 Å². The van der Waals surface area contributed by atoms with Gasteiger partial charge in [0.15, 0.2) is 0 Å². The molecule has 8 heteroatoms. The first-order chi connectivity index (χ1) is 11.4. The van der Waals surface area contributed by atoms with Crippen LogP contribution < -0.4 is 5.32 Å². The first-order valence-electron chi connectivity index (χ1n) is 6.63. The van der Waals surface area contributed by atoms with Crippen molar-refractivity contribution >= 4 is 39.6 Å². The first-order valence-corrected chi connectivity index (χ1v) is 7.42. The maximum Gasteiger partial charge on any atom is 0.352 e. The van der Waals surface area contributed by atoms with Gasteiger partial charge in [0.1, 0.15) is 5.70 Å². The Labute approximate surface area is 144 Å². The summed E-state index contributed by atoms with van der Waals surface area (Å²) in [6, 6.07) is 11.8. The van der Waals surface area contributed by atoms with Crippen molar-refractivity contribution in [2.75, 3.05) is 0 Å². The van der Waals surface area contributed by atoms with Crippen molar-refractivity contribution in [3.8, 4) is 0 Å². The van der Waals surface area contributed by atoms with E-state index in [1.165, 1.54) is 30.3 Å². The Morgan fingerprint density at radius 1 is 1.17 bits per heavy atom. The number of rotatable bonds is 5. The van der Waals surface area contributed by atoms with Crippen molar-refractivity contribution in [3.63, 3.8) is 0 Å². The van der Waals surface area contributed by atoms with Crippen molar-refractivity contribution in [3.05, 3.63) is 79.9 Å². The lowest BCUT2D eigenvalue weighted by Gasteiger charge is -2.06. The summed E-state index contributed by atoms with van der Waals surface area (Å²) in [5.41, 5.74) is 0.254. The molecule has 122 valence electrons. The second kappa shape index (κ2) is 7.51. The number of benzene rings is 2. The molecule has 0 radical (unpaired) electrons.